The Hall–Kier alpha value is -1.06. The van der Waals surface area contributed by atoms with Gasteiger partial charge in [0.15, 0.2) is 0 Å². The molecule has 0 radical (unpaired) electrons. The molecule has 0 bridgehead atoms. The van der Waals surface area contributed by atoms with Gasteiger partial charge in [-0.25, -0.2) is 0 Å². The summed E-state index contributed by atoms with van der Waals surface area (Å²) >= 11 is 3.64. The van der Waals surface area contributed by atoms with Crippen molar-refractivity contribution in [3.05, 3.63) is 40.9 Å². The minimum absolute atomic E-state index is 0.139. The second-order valence-corrected chi connectivity index (χ2v) is 5.88. The fourth-order valence-electron chi connectivity index (χ4n) is 1.96. The number of fused-ring (bicyclic) bond motifs is 1. The lowest BCUT2D eigenvalue weighted by Gasteiger charge is -2.18. The summed E-state index contributed by atoms with van der Waals surface area (Å²) in [5.74, 6) is 0.900. The molecule has 0 aliphatic rings. The van der Waals surface area contributed by atoms with Crippen LogP contribution in [0.15, 0.2) is 40.9 Å². The van der Waals surface area contributed by atoms with Crippen molar-refractivity contribution in [3.63, 3.8) is 0 Å². The van der Waals surface area contributed by atoms with E-state index >= 15 is 0 Å². The van der Waals surface area contributed by atoms with Crippen molar-refractivity contribution in [3.8, 4) is 5.75 Å². The van der Waals surface area contributed by atoms with Crippen molar-refractivity contribution in [1.29, 1.82) is 0 Å². The van der Waals surface area contributed by atoms with E-state index in [2.05, 4.69) is 60.2 Å². The van der Waals surface area contributed by atoms with Gasteiger partial charge in [0.05, 0.1) is 4.47 Å². The molecule has 0 amide bonds. The molecule has 0 saturated carbocycles. The third kappa shape index (κ3) is 3.71. The Bertz CT molecular complexity index is 553. The Kier molecular flexibility index (Phi) is 4.83. The molecule has 3 heteroatoms. The minimum Gasteiger partial charge on any atom is -0.488 e. The summed E-state index contributed by atoms with van der Waals surface area (Å²) in [4.78, 5) is 0. The normalized spacial score (nSPS) is 12.9. The van der Waals surface area contributed by atoms with Crippen molar-refractivity contribution >= 4 is 26.7 Å². The van der Waals surface area contributed by atoms with E-state index in [1.54, 1.807) is 0 Å². The molecule has 0 spiro atoms. The predicted molar refractivity (Wildman–Crippen MR) is 84.9 cm³/mol. The average molecular weight is 322 g/mol. The highest BCUT2D eigenvalue weighted by Gasteiger charge is 2.10. The molecular formula is C16H20BrNO. The molecule has 0 heterocycles. The molecule has 19 heavy (non-hydrogen) atoms. The van der Waals surface area contributed by atoms with Crippen LogP contribution in [-0.4, -0.2) is 18.7 Å². The van der Waals surface area contributed by atoms with E-state index < -0.39 is 0 Å². The molecule has 2 rings (SSSR count). The van der Waals surface area contributed by atoms with Gasteiger partial charge >= 0.3 is 0 Å². The fourth-order valence-corrected chi connectivity index (χ4v) is 2.55. The maximum absolute atomic E-state index is 5.99. The van der Waals surface area contributed by atoms with Crippen molar-refractivity contribution in [2.45, 2.75) is 32.9 Å². The van der Waals surface area contributed by atoms with E-state index in [1.165, 1.54) is 10.8 Å². The second kappa shape index (κ2) is 6.40. The number of nitrogens with one attached hydrogen (secondary N) is 1. The van der Waals surface area contributed by atoms with Crippen LogP contribution in [0.3, 0.4) is 0 Å². The Balaban J connectivity index is 2.14. The third-order valence-electron chi connectivity index (χ3n) is 2.97. The molecule has 2 aromatic rings. The van der Waals surface area contributed by atoms with E-state index in [-0.39, 0.29) is 6.10 Å². The zero-order valence-corrected chi connectivity index (χ0v) is 13.2. The fraction of sp³-hybridized carbons (Fsp3) is 0.375. The predicted octanol–water partition coefficient (Wildman–Crippen LogP) is 4.37. The Labute approximate surface area is 123 Å². The summed E-state index contributed by atoms with van der Waals surface area (Å²) in [6, 6.07) is 12.9. The molecule has 0 fully saturated rings. The van der Waals surface area contributed by atoms with Crippen molar-refractivity contribution in [2.75, 3.05) is 6.54 Å². The number of benzene rings is 2. The van der Waals surface area contributed by atoms with Crippen LogP contribution in [0.25, 0.3) is 10.8 Å². The van der Waals surface area contributed by atoms with Gasteiger partial charge in [-0.05, 0) is 39.7 Å². The van der Waals surface area contributed by atoms with Crippen LogP contribution in [0.4, 0.5) is 0 Å². The van der Waals surface area contributed by atoms with Crippen molar-refractivity contribution in [1.82, 2.24) is 5.32 Å². The summed E-state index contributed by atoms with van der Waals surface area (Å²) < 4.78 is 7.02. The van der Waals surface area contributed by atoms with Gasteiger partial charge < -0.3 is 10.1 Å². The SMILES string of the molecule is CC(C)NCC(C)Oc1ccc2ccccc2c1Br. The van der Waals surface area contributed by atoms with E-state index in [4.69, 9.17) is 4.74 Å². The first-order chi connectivity index (χ1) is 9.08. The van der Waals surface area contributed by atoms with Gasteiger partial charge in [-0.3, -0.25) is 0 Å². The summed E-state index contributed by atoms with van der Waals surface area (Å²) in [5, 5.41) is 5.78. The minimum atomic E-state index is 0.139. The lowest BCUT2D eigenvalue weighted by molar-refractivity contribution is 0.212. The second-order valence-electron chi connectivity index (χ2n) is 5.09. The van der Waals surface area contributed by atoms with Crippen LogP contribution in [-0.2, 0) is 0 Å². The van der Waals surface area contributed by atoms with E-state index in [1.807, 2.05) is 18.2 Å². The summed E-state index contributed by atoms with van der Waals surface area (Å²) in [6.45, 7) is 7.20. The molecule has 0 aromatic heterocycles. The highest BCUT2D eigenvalue weighted by molar-refractivity contribution is 9.10. The number of rotatable bonds is 5. The largest absolute Gasteiger partial charge is 0.488 e. The first kappa shape index (κ1) is 14.4. The molecule has 1 N–H and O–H groups in total. The molecule has 2 nitrogen and oxygen atoms in total. The molecule has 1 atom stereocenters. The van der Waals surface area contributed by atoms with E-state index in [9.17, 15) is 0 Å². The standard InChI is InChI=1S/C16H20BrNO/c1-11(2)18-10-12(3)19-15-9-8-13-6-4-5-7-14(13)16(15)17/h4-9,11-12,18H,10H2,1-3H3. The molecule has 0 saturated heterocycles. The van der Waals surface area contributed by atoms with Crippen LogP contribution in [0, 0.1) is 0 Å². The van der Waals surface area contributed by atoms with Crippen molar-refractivity contribution in [2.24, 2.45) is 0 Å². The molecule has 2 aromatic carbocycles. The first-order valence-corrected chi connectivity index (χ1v) is 7.44. The van der Waals surface area contributed by atoms with E-state index in [0.717, 1.165) is 16.8 Å². The number of hydrogen-bond donors (Lipinski definition) is 1. The third-order valence-corrected chi connectivity index (χ3v) is 3.79. The summed E-state index contributed by atoms with van der Waals surface area (Å²) in [5.41, 5.74) is 0. The zero-order valence-electron chi connectivity index (χ0n) is 11.6. The number of ether oxygens (including phenoxy) is 1. The lowest BCUT2D eigenvalue weighted by Crippen LogP contribution is -2.33. The van der Waals surface area contributed by atoms with Gasteiger partial charge in [0, 0.05) is 12.6 Å². The average Bonchev–Trinajstić information content (AvgIpc) is 2.40. The zero-order chi connectivity index (χ0) is 13.8. The summed E-state index contributed by atoms with van der Waals surface area (Å²) in [7, 11) is 0. The van der Waals surface area contributed by atoms with Crippen LogP contribution in [0.1, 0.15) is 20.8 Å². The monoisotopic (exact) mass is 321 g/mol. The van der Waals surface area contributed by atoms with E-state index in [0.29, 0.717) is 6.04 Å². The number of hydrogen-bond acceptors (Lipinski definition) is 2. The van der Waals surface area contributed by atoms with Gasteiger partial charge in [-0.15, -0.1) is 0 Å². The van der Waals surface area contributed by atoms with Crippen LogP contribution >= 0.6 is 15.9 Å². The van der Waals surface area contributed by atoms with Crippen molar-refractivity contribution < 1.29 is 4.74 Å². The maximum atomic E-state index is 5.99. The number of halogens is 1. The van der Waals surface area contributed by atoms with Gasteiger partial charge in [-0.1, -0.05) is 44.2 Å². The van der Waals surface area contributed by atoms with Gasteiger partial charge in [0.2, 0.25) is 0 Å². The van der Waals surface area contributed by atoms with Gasteiger partial charge in [0.1, 0.15) is 11.9 Å². The van der Waals surface area contributed by atoms with Crippen LogP contribution < -0.4 is 10.1 Å². The topological polar surface area (TPSA) is 21.3 Å². The quantitative estimate of drug-likeness (QED) is 0.883. The first-order valence-electron chi connectivity index (χ1n) is 6.65. The Morgan fingerprint density at radius 1 is 1.11 bits per heavy atom. The molecule has 1 unspecified atom stereocenters. The van der Waals surface area contributed by atoms with Crippen LogP contribution in [0.2, 0.25) is 0 Å². The van der Waals surface area contributed by atoms with Gasteiger partial charge in [-0.2, -0.15) is 0 Å². The molecular weight excluding hydrogens is 302 g/mol. The highest BCUT2D eigenvalue weighted by atomic mass is 79.9. The summed E-state index contributed by atoms with van der Waals surface area (Å²) in [6.07, 6.45) is 0.139. The van der Waals surface area contributed by atoms with Gasteiger partial charge in [0.25, 0.3) is 0 Å². The lowest BCUT2D eigenvalue weighted by atomic mass is 10.1. The smallest absolute Gasteiger partial charge is 0.134 e. The highest BCUT2D eigenvalue weighted by Crippen LogP contribution is 2.33. The maximum Gasteiger partial charge on any atom is 0.134 e. The Morgan fingerprint density at radius 3 is 2.58 bits per heavy atom. The Morgan fingerprint density at radius 2 is 1.84 bits per heavy atom. The molecule has 0 aliphatic carbocycles. The molecule has 0 aliphatic heterocycles. The molecule has 102 valence electrons. The van der Waals surface area contributed by atoms with Crippen LogP contribution in [0.5, 0.6) is 5.75 Å².